The van der Waals surface area contributed by atoms with Gasteiger partial charge >= 0.3 is 5.97 Å². The van der Waals surface area contributed by atoms with E-state index >= 15 is 0 Å². The summed E-state index contributed by atoms with van der Waals surface area (Å²) in [5.41, 5.74) is 2.37. The van der Waals surface area contributed by atoms with Crippen LogP contribution in [0.5, 0.6) is 0 Å². The first kappa shape index (κ1) is 18.8. The minimum atomic E-state index is -0.709. The lowest BCUT2D eigenvalue weighted by Gasteiger charge is -2.28. The number of fused-ring (bicyclic) bond motifs is 1. The fourth-order valence-electron chi connectivity index (χ4n) is 3.20. The van der Waals surface area contributed by atoms with Gasteiger partial charge in [0.05, 0.1) is 12.7 Å². The highest BCUT2D eigenvalue weighted by Crippen LogP contribution is 2.36. The number of tetrazole rings is 1. The maximum absolute atomic E-state index is 13.5. The molecule has 9 heteroatoms. The first-order chi connectivity index (χ1) is 14.0. The number of halogens is 1. The van der Waals surface area contributed by atoms with Crippen LogP contribution in [-0.4, -0.2) is 39.1 Å². The summed E-state index contributed by atoms with van der Waals surface area (Å²) in [6, 6.07) is 13.3. The number of Topliss-reactive ketones (excluding diaryl/α,β-unsaturated/α-hetero) is 1. The lowest BCUT2D eigenvalue weighted by atomic mass is 9.89. The van der Waals surface area contributed by atoms with Crippen LogP contribution in [0.25, 0.3) is 0 Å². The Hall–Kier alpha value is -3.52. The van der Waals surface area contributed by atoms with Crippen LogP contribution < -0.4 is 5.32 Å². The van der Waals surface area contributed by atoms with E-state index in [1.165, 1.54) is 11.8 Å². The predicted octanol–water partition coefficient (Wildman–Crippen LogP) is 2.96. The Kier molecular flexibility index (Phi) is 4.85. The van der Waals surface area contributed by atoms with E-state index < -0.39 is 12.0 Å². The molecule has 0 saturated carbocycles. The summed E-state index contributed by atoms with van der Waals surface area (Å²) in [6.07, 6.45) is 0. The third kappa shape index (κ3) is 3.38. The Balaban J connectivity index is 1.94. The third-order valence-electron chi connectivity index (χ3n) is 4.65. The van der Waals surface area contributed by atoms with Crippen LogP contribution in [0, 0.1) is 6.92 Å². The summed E-state index contributed by atoms with van der Waals surface area (Å²) in [4.78, 5) is 26.0. The number of ketones is 1. The summed E-state index contributed by atoms with van der Waals surface area (Å²) in [7, 11) is 1.25. The number of aryl methyl sites for hydroxylation is 1. The maximum Gasteiger partial charge on any atom is 0.355 e. The quantitative estimate of drug-likeness (QED) is 0.522. The fraction of sp³-hybridized carbons (Fsp3) is 0.150. The monoisotopic (exact) mass is 409 g/mol. The second-order valence-corrected chi connectivity index (χ2v) is 6.94. The molecule has 0 amide bonds. The topological polar surface area (TPSA) is 99.0 Å². The number of ether oxygens (including phenoxy) is 1. The molecule has 0 unspecified atom stereocenters. The number of esters is 1. The second-order valence-electron chi connectivity index (χ2n) is 6.50. The summed E-state index contributed by atoms with van der Waals surface area (Å²) in [5.74, 6) is -0.807. The minimum absolute atomic E-state index is 0.000301. The van der Waals surface area contributed by atoms with E-state index in [4.69, 9.17) is 16.3 Å². The number of anilines is 1. The summed E-state index contributed by atoms with van der Waals surface area (Å²) in [5, 5.41) is 15.0. The molecule has 1 N–H and O–H groups in total. The number of carbonyl (C=O) groups excluding carboxylic acids is 2. The molecule has 3 aromatic rings. The standard InChI is InChI=1S/C20H16ClN5O3/c1-11-3-5-12(6-4-11)17-15(18(27)13-7-9-14(21)10-8-13)16(19(28)29-2)22-20-23-24-25-26(17)20/h3-10,17H,1-2H3,(H,22,23,25)/t17-/m0/s1. The van der Waals surface area contributed by atoms with E-state index in [0.717, 1.165) is 11.1 Å². The molecule has 8 nitrogen and oxygen atoms in total. The molecule has 146 valence electrons. The Labute approximate surface area is 171 Å². The summed E-state index contributed by atoms with van der Waals surface area (Å²) in [6.45, 7) is 1.96. The maximum atomic E-state index is 13.5. The van der Waals surface area contributed by atoms with Crippen LogP contribution in [0.3, 0.4) is 0 Å². The Morgan fingerprint density at radius 1 is 1.10 bits per heavy atom. The van der Waals surface area contributed by atoms with Crippen molar-refractivity contribution in [2.24, 2.45) is 0 Å². The van der Waals surface area contributed by atoms with Gasteiger partial charge in [0.25, 0.3) is 0 Å². The van der Waals surface area contributed by atoms with Crippen LogP contribution in [0.15, 0.2) is 59.8 Å². The summed E-state index contributed by atoms with van der Waals surface area (Å²) >= 11 is 5.95. The molecule has 1 aromatic heterocycles. The first-order valence-corrected chi connectivity index (χ1v) is 9.11. The molecule has 4 rings (SSSR count). The highest BCUT2D eigenvalue weighted by atomic mass is 35.5. The molecule has 2 heterocycles. The first-order valence-electron chi connectivity index (χ1n) is 8.74. The molecule has 1 aliphatic heterocycles. The molecule has 0 radical (unpaired) electrons. The SMILES string of the molecule is COC(=O)C1=C(C(=O)c2ccc(Cl)cc2)[C@H](c2ccc(C)cc2)n2nnnc2N1. The number of nitrogens with one attached hydrogen (secondary N) is 1. The average molecular weight is 410 g/mol. The molecule has 0 spiro atoms. The van der Waals surface area contributed by atoms with Crippen molar-refractivity contribution in [2.45, 2.75) is 13.0 Å². The van der Waals surface area contributed by atoms with E-state index in [2.05, 4.69) is 20.8 Å². The molecule has 29 heavy (non-hydrogen) atoms. The van der Waals surface area contributed by atoms with Crippen molar-refractivity contribution in [3.8, 4) is 0 Å². The number of methoxy groups -OCH3 is 1. The minimum Gasteiger partial charge on any atom is -0.464 e. The zero-order valence-corrected chi connectivity index (χ0v) is 16.3. The van der Waals surface area contributed by atoms with Gasteiger partial charge < -0.3 is 10.1 Å². The molecule has 0 fully saturated rings. The molecular formula is C20H16ClN5O3. The van der Waals surface area contributed by atoms with E-state index in [9.17, 15) is 9.59 Å². The lowest BCUT2D eigenvalue weighted by molar-refractivity contribution is -0.136. The number of carbonyl (C=O) groups is 2. The van der Waals surface area contributed by atoms with Crippen molar-refractivity contribution in [1.82, 2.24) is 20.2 Å². The van der Waals surface area contributed by atoms with E-state index in [1.807, 2.05) is 31.2 Å². The van der Waals surface area contributed by atoms with Gasteiger partial charge in [-0.1, -0.05) is 46.5 Å². The van der Waals surface area contributed by atoms with Crippen LogP contribution in [0.1, 0.15) is 27.5 Å². The number of nitrogens with zero attached hydrogens (tertiary/aromatic N) is 4. The van der Waals surface area contributed by atoms with Gasteiger partial charge in [0.15, 0.2) is 5.78 Å². The van der Waals surface area contributed by atoms with Gasteiger partial charge in [-0.2, -0.15) is 4.68 Å². The van der Waals surface area contributed by atoms with Crippen LogP contribution in [0.2, 0.25) is 5.02 Å². The van der Waals surface area contributed by atoms with Gasteiger partial charge in [-0.3, -0.25) is 4.79 Å². The normalized spacial score (nSPS) is 15.5. The van der Waals surface area contributed by atoms with Crippen molar-refractivity contribution in [3.05, 3.63) is 81.5 Å². The number of hydrogen-bond acceptors (Lipinski definition) is 7. The number of benzene rings is 2. The fourth-order valence-corrected chi connectivity index (χ4v) is 3.33. The predicted molar refractivity (Wildman–Crippen MR) is 106 cm³/mol. The summed E-state index contributed by atoms with van der Waals surface area (Å²) < 4.78 is 6.38. The van der Waals surface area contributed by atoms with Gasteiger partial charge in [-0.15, -0.1) is 0 Å². The number of hydrogen-bond donors (Lipinski definition) is 1. The molecule has 1 aliphatic rings. The van der Waals surface area contributed by atoms with Gasteiger partial charge in [0, 0.05) is 10.6 Å². The van der Waals surface area contributed by atoms with E-state index in [-0.39, 0.29) is 23.0 Å². The highest BCUT2D eigenvalue weighted by molar-refractivity contribution is 6.30. The van der Waals surface area contributed by atoms with Crippen molar-refractivity contribution in [3.63, 3.8) is 0 Å². The van der Waals surface area contributed by atoms with Crippen LogP contribution in [0.4, 0.5) is 5.95 Å². The van der Waals surface area contributed by atoms with Crippen LogP contribution in [-0.2, 0) is 9.53 Å². The third-order valence-corrected chi connectivity index (χ3v) is 4.90. The van der Waals surface area contributed by atoms with Gasteiger partial charge in [0.1, 0.15) is 11.7 Å². The largest absolute Gasteiger partial charge is 0.464 e. The van der Waals surface area contributed by atoms with Crippen molar-refractivity contribution in [2.75, 3.05) is 12.4 Å². The molecule has 0 saturated heterocycles. The number of allylic oxidation sites excluding steroid dienone is 1. The second kappa shape index (κ2) is 7.48. The van der Waals surface area contributed by atoms with Gasteiger partial charge in [-0.05, 0) is 47.2 Å². The number of aromatic nitrogens is 4. The van der Waals surface area contributed by atoms with E-state index in [1.54, 1.807) is 24.3 Å². The zero-order chi connectivity index (χ0) is 20.5. The van der Waals surface area contributed by atoms with Gasteiger partial charge in [-0.25, -0.2) is 4.79 Å². The smallest absolute Gasteiger partial charge is 0.355 e. The van der Waals surface area contributed by atoms with Crippen molar-refractivity contribution in [1.29, 1.82) is 0 Å². The molecule has 0 bridgehead atoms. The molecule has 1 atom stereocenters. The van der Waals surface area contributed by atoms with E-state index in [0.29, 0.717) is 10.6 Å². The lowest BCUT2D eigenvalue weighted by Crippen LogP contribution is -2.32. The molecule has 2 aromatic carbocycles. The molecular weight excluding hydrogens is 394 g/mol. The zero-order valence-electron chi connectivity index (χ0n) is 15.6. The van der Waals surface area contributed by atoms with Gasteiger partial charge in [0.2, 0.25) is 5.95 Å². The Bertz CT molecular complexity index is 1120. The van der Waals surface area contributed by atoms with Crippen molar-refractivity contribution < 1.29 is 14.3 Å². The van der Waals surface area contributed by atoms with Crippen LogP contribution >= 0.6 is 11.6 Å². The Morgan fingerprint density at radius 2 is 1.79 bits per heavy atom. The Morgan fingerprint density at radius 3 is 2.45 bits per heavy atom. The molecule has 0 aliphatic carbocycles. The highest BCUT2D eigenvalue weighted by Gasteiger charge is 2.38. The average Bonchev–Trinajstić information content (AvgIpc) is 3.21. The number of rotatable bonds is 4. The van der Waals surface area contributed by atoms with Crippen molar-refractivity contribution >= 4 is 29.3 Å².